The molecule has 0 spiro atoms. The molecule has 1 amide bonds. The van der Waals surface area contributed by atoms with Crippen LogP contribution >= 0.6 is 0 Å². The van der Waals surface area contributed by atoms with Crippen molar-refractivity contribution in [3.63, 3.8) is 0 Å². The molecule has 0 saturated carbocycles. The van der Waals surface area contributed by atoms with Crippen molar-refractivity contribution in [2.45, 2.75) is 19.4 Å². The fourth-order valence-corrected chi connectivity index (χ4v) is 1.15. The first-order valence-corrected chi connectivity index (χ1v) is 4.81. The number of hydrogen-bond acceptors (Lipinski definition) is 3. The molecule has 0 rings (SSSR count). The lowest BCUT2D eigenvalue weighted by Crippen LogP contribution is -2.36. The Morgan fingerprint density at radius 3 is 2.71 bits per heavy atom. The lowest BCUT2D eigenvalue weighted by atomic mass is 10.2. The van der Waals surface area contributed by atoms with E-state index in [2.05, 4.69) is 6.58 Å². The molecular formula is C10H20N2O2. The van der Waals surface area contributed by atoms with Gasteiger partial charge in [0.15, 0.2) is 0 Å². The van der Waals surface area contributed by atoms with Crippen LogP contribution in [0.3, 0.4) is 0 Å². The number of nitrogens with zero attached hydrogens (tertiary/aromatic N) is 1. The Balaban J connectivity index is 4.07. The second-order valence-electron chi connectivity index (χ2n) is 3.02. The van der Waals surface area contributed by atoms with Crippen LogP contribution in [0.4, 0.5) is 0 Å². The van der Waals surface area contributed by atoms with Crippen LogP contribution in [0.25, 0.3) is 0 Å². The molecule has 0 aromatic rings. The van der Waals surface area contributed by atoms with Crippen molar-refractivity contribution in [1.29, 1.82) is 0 Å². The highest BCUT2D eigenvalue weighted by molar-refractivity contribution is 5.76. The van der Waals surface area contributed by atoms with E-state index in [1.165, 1.54) is 0 Å². The maximum atomic E-state index is 11.6. The van der Waals surface area contributed by atoms with Crippen molar-refractivity contribution in [3.05, 3.63) is 12.7 Å². The van der Waals surface area contributed by atoms with Crippen LogP contribution in [-0.4, -0.2) is 43.7 Å². The number of nitrogens with two attached hydrogens (primary N) is 1. The van der Waals surface area contributed by atoms with Crippen LogP contribution in [0.5, 0.6) is 0 Å². The van der Waals surface area contributed by atoms with Gasteiger partial charge in [-0.25, -0.2) is 0 Å². The molecule has 0 aliphatic rings. The van der Waals surface area contributed by atoms with Gasteiger partial charge in [0.1, 0.15) is 0 Å². The first-order valence-electron chi connectivity index (χ1n) is 4.81. The standard InChI is InChI=1S/C10H20N2O2/c1-4-6-12(5-2)10(13)7-9(8-11)14-3/h4,9H,1,5-8,11H2,2-3H3. The van der Waals surface area contributed by atoms with E-state index in [9.17, 15) is 4.79 Å². The number of carbonyl (C=O) groups is 1. The summed E-state index contributed by atoms with van der Waals surface area (Å²) in [4.78, 5) is 13.4. The molecule has 1 unspecified atom stereocenters. The molecule has 0 aromatic carbocycles. The first kappa shape index (κ1) is 13.1. The SMILES string of the molecule is C=CCN(CC)C(=O)CC(CN)OC. The first-order chi connectivity index (χ1) is 6.69. The summed E-state index contributed by atoms with van der Waals surface area (Å²) in [6, 6.07) is 0. The molecule has 0 bridgehead atoms. The van der Waals surface area contributed by atoms with Gasteiger partial charge in [0.25, 0.3) is 0 Å². The molecule has 0 saturated heterocycles. The van der Waals surface area contributed by atoms with E-state index in [0.29, 0.717) is 26.1 Å². The molecule has 1 atom stereocenters. The average molecular weight is 200 g/mol. The quantitative estimate of drug-likeness (QED) is 0.605. The second-order valence-corrected chi connectivity index (χ2v) is 3.02. The molecule has 0 aliphatic carbocycles. The van der Waals surface area contributed by atoms with Gasteiger partial charge in [-0.1, -0.05) is 6.08 Å². The summed E-state index contributed by atoms with van der Waals surface area (Å²) in [5.41, 5.74) is 5.43. The molecule has 0 heterocycles. The molecule has 0 radical (unpaired) electrons. The summed E-state index contributed by atoms with van der Waals surface area (Å²) in [5.74, 6) is 0.0599. The second kappa shape index (κ2) is 7.53. The average Bonchev–Trinajstić information content (AvgIpc) is 2.22. The summed E-state index contributed by atoms with van der Waals surface area (Å²) in [5, 5.41) is 0. The van der Waals surface area contributed by atoms with Gasteiger partial charge in [-0.2, -0.15) is 0 Å². The molecule has 4 heteroatoms. The van der Waals surface area contributed by atoms with Crippen molar-refractivity contribution in [1.82, 2.24) is 4.90 Å². The zero-order valence-corrected chi connectivity index (χ0v) is 9.03. The third-order valence-corrected chi connectivity index (χ3v) is 2.08. The highest BCUT2D eigenvalue weighted by atomic mass is 16.5. The Labute approximate surface area is 85.7 Å². The van der Waals surface area contributed by atoms with Crippen LogP contribution in [0.2, 0.25) is 0 Å². The van der Waals surface area contributed by atoms with Gasteiger partial charge in [-0.15, -0.1) is 6.58 Å². The van der Waals surface area contributed by atoms with E-state index in [1.807, 2.05) is 6.92 Å². The molecule has 4 nitrogen and oxygen atoms in total. The van der Waals surface area contributed by atoms with Gasteiger partial charge in [-0.3, -0.25) is 4.79 Å². The fraction of sp³-hybridized carbons (Fsp3) is 0.700. The zero-order valence-electron chi connectivity index (χ0n) is 9.03. The topological polar surface area (TPSA) is 55.6 Å². The number of likely N-dealkylation sites (N-methyl/N-ethyl adjacent to an activating group) is 1. The minimum Gasteiger partial charge on any atom is -0.380 e. The highest BCUT2D eigenvalue weighted by Crippen LogP contribution is 2.01. The maximum absolute atomic E-state index is 11.6. The van der Waals surface area contributed by atoms with Crippen LogP contribution < -0.4 is 5.73 Å². The third-order valence-electron chi connectivity index (χ3n) is 2.08. The van der Waals surface area contributed by atoms with Gasteiger partial charge in [0.2, 0.25) is 5.91 Å². The number of carbonyl (C=O) groups excluding carboxylic acids is 1. The zero-order chi connectivity index (χ0) is 11.0. The van der Waals surface area contributed by atoms with Crippen molar-refractivity contribution in [2.75, 3.05) is 26.7 Å². The van der Waals surface area contributed by atoms with E-state index in [1.54, 1.807) is 18.1 Å². The van der Waals surface area contributed by atoms with Gasteiger partial charge < -0.3 is 15.4 Å². The van der Waals surface area contributed by atoms with Crippen molar-refractivity contribution in [2.24, 2.45) is 5.73 Å². The normalized spacial score (nSPS) is 12.2. The van der Waals surface area contributed by atoms with Gasteiger partial charge >= 0.3 is 0 Å². The predicted octanol–water partition coefficient (Wildman–Crippen LogP) is 0.385. The predicted molar refractivity (Wildman–Crippen MR) is 56.9 cm³/mol. The van der Waals surface area contributed by atoms with Crippen molar-refractivity contribution < 1.29 is 9.53 Å². The largest absolute Gasteiger partial charge is 0.380 e. The molecule has 14 heavy (non-hydrogen) atoms. The van der Waals surface area contributed by atoms with Crippen LogP contribution in [0, 0.1) is 0 Å². The Morgan fingerprint density at radius 1 is 1.71 bits per heavy atom. The lowest BCUT2D eigenvalue weighted by molar-refractivity contribution is -0.132. The van der Waals surface area contributed by atoms with Crippen LogP contribution in [-0.2, 0) is 9.53 Å². The number of rotatable bonds is 7. The highest BCUT2D eigenvalue weighted by Gasteiger charge is 2.15. The Morgan fingerprint density at radius 2 is 2.36 bits per heavy atom. The summed E-state index contributed by atoms with van der Waals surface area (Å²) in [6.45, 7) is 7.17. The summed E-state index contributed by atoms with van der Waals surface area (Å²) < 4.78 is 5.04. The lowest BCUT2D eigenvalue weighted by Gasteiger charge is -2.21. The summed E-state index contributed by atoms with van der Waals surface area (Å²) in [6.07, 6.45) is 1.88. The van der Waals surface area contributed by atoms with E-state index < -0.39 is 0 Å². The molecule has 0 fully saturated rings. The molecular weight excluding hydrogens is 180 g/mol. The Hall–Kier alpha value is -0.870. The Bertz CT molecular complexity index is 179. The van der Waals surface area contributed by atoms with Gasteiger partial charge in [-0.05, 0) is 6.92 Å². The molecule has 0 aromatic heterocycles. The molecule has 0 aliphatic heterocycles. The van der Waals surface area contributed by atoms with Crippen LogP contribution in [0.1, 0.15) is 13.3 Å². The maximum Gasteiger partial charge on any atom is 0.225 e. The van der Waals surface area contributed by atoms with Gasteiger partial charge in [0, 0.05) is 26.7 Å². The third kappa shape index (κ3) is 4.39. The number of methoxy groups -OCH3 is 1. The van der Waals surface area contributed by atoms with E-state index >= 15 is 0 Å². The monoisotopic (exact) mass is 200 g/mol. The number of ether oxygens (including phenoxy) is 1. The van der Waals surface area contributed by atoms with E-state index in [-0.39, 0.29) is 12.0 Å². The van der Waals surface area contributed by atoms with E-state index in [0.717, 1.165) is 0 Å². The minimum absolute atomic E-state index is 0.0599. The molecule has 82 valence electrons. The van der Waals surface area contributed by atoms with Crippen LogP contribution in [0.15, 0.2) is 12.7 Å². The number of amides is 1. The number of hydrogen-bond donors (Lipinski definition) is 1. The van der Waals surface area contributed by atoms with Crippen molar-refractivity contribution in [3.8, 4) is 0 Å². The Kier molecular flexibility index (Phi) is 7.06. The summed E-state index contributed by atoms with van der Waals surface area (Å²) in [7, 11) is 1.56. The van der Waals surface area contributed by atoms with Gasteiger partial charge in [0.05, 0.1) is 12.5 Å². The smallest absolute Gasteiger partial charge is 0.225 e. The summed E-state index contributed by atoms with van der Waals surface area (Å²) >= 11 is 0. The minimum atomic E-state index is -0.179. The fourth-order valence-electron chi connectivity index (χ4n) is 1.15. The van der Waals surface area contributed by atoms with Crippen molar-refractivity contribution >= 4 is 5.91 Å². The van der Waals surface area contributed by atoms with E-state index in [4.69, 9.17) is 10.5 Å². The molecule has 2 N–H and O–H groups in total.